The maximum atomic E-state index is 11.3. The lowest BCUT2D eigenvalue weighted by atomic mass is 10.2. The lowest BCUT2D eigenvalue weighted by Gasteiger charge is -2.17. The van der Waals surface area contributed by atoms with E-state index in [0.717, 1.165) is 24.3 Å². The Labute approximate surface area is 115 Å². The minimum atomic E-state index is -3.00. The Balaban J connectivity index is 2.91. The van der Waals surface area contributed by atoms with Crippen LogP contribution in [0.1, 0.15) is 26.3 Å². The zero-order valence-electron chi connectivity index (χ0n) is 11.9. The van der Waals surface area contributed by atoms with Crippen LogP contribution in [-0.4, -0.2) is 43.0 Å². The standard InChI is InChI=1S/C12H22N4O2S/c1-5-10-11(13-6-2)14-8-15-12(10)16-9(3)7-19(4,17)18/h8-9H,5-7H2,1-4H3,(H2,13,14,15,16). The van der Waals surface area contributed by atoms with E-state index < -0.39 is 9.84 Å². The second kappa shape index (κ2) is 6.70. The fraction of sp³-hybridized carbons (Fsp3) is 0.667. The van der Waals surface area contributed by atoms with Gasteiger partial charge in [0, 0.05) is 24.4 Å². The summed E-state index contributed by atoms with van der Waals surface area (Å²) in [5.74, 6) is 1.58. The molecule has 6 nitrogen and oxygen atoms in total. The highest BCUT2D eigenvalue weighted by molar-refractivity contribution is 7.90. The van der Waals surface area contributed by atoms with Crippen LogP contribution in [0.25, 0.3) is 0 Å². The lowest BCUT2D eigenvalue weighted by molar-refractivity contribution is 0.598. The average molecular weight is 286 g/mol. The monoisotopic (exact) mass is 286 g/mol. The summed E-state index contributed by atoms with van der Waals surface area (Å²) in [7, 11) is -3.00. The molecule has 1 unspecified atom stereocenters. The van der Waals surface area contributed by atoms with Crippen LogP contribution in [0.3, 0.4) is 0 Å². The second-order valence-electron chi connectivity index (χ2n) is 4.57. The minimum Gasteiger partial charge on any atom is -0.370 e. The van der Waals surface area contributed by atoms with Crippen LogP contribution in [0, 0.1) is 0 Å². The zero-order chi connectivity index (χ0) is 14.5. The van der Waals surface area contributed by atoms with Crippen LogP contribution in [0.15, 0.2) is 6.33 Å². The molecule has 1 rings (SSSR count). The summed E-state index contributed by atoms with van der Waals surface area (Å²) in [6.45, 7) is 6.63. The van der Waals surface area contributed by atoms with Gasteiger partial charge in [0.25, 0.3) is 0 Å². The molecule has 0 aliphatic rings. The molecule has 7 heteroatoms. The number of hydrogen-bond donors (Lipinski definition) is 2. The summed E-state index contributed by atoms with van der Waals surface area (Å²) in [6.07, 6.45) is 3.49. The maximum Gasteiger partial charge on any atom is 0.149 e. The SMILES string of the molecule is CCNc1ncnc(NC(C)CS(C)(=O)=O)c1CC. The first kappa shape index (κ1) is 15.7. The molecule has 0 aromatic carbocycles. The molecule has 1 aromatic heterocycles. The molecule has 1 heterocycles. The van der Waals surface area contributed by atoms with Gasteiger partial charge < -0.3 is 10.6 Å². The molecule has 1 aromatic rings. The molecule has 0 fully saturated rings. The normalized spacial score (nSPS) is 13.1. The predicted molar refractivity (Wildman–Crippen MR) is 78.4 cm³/mol. The Bertz CT molecular complexity index is 516. The molecule has 0 aliphatic heterocycles. The van der Waals surface area contributed by atoms with Crippen molar-refractivity contribution in [2.24, 2.45) is 0 Å². The third kappa shape index (κ3) is 5.02. The third-order valence-corrected chi connectivity index (χ3v) is 3.68. The van der Waals surface area contributed by atoms with Crippen molar-refractivity contribution in [3.05, 3.63) is 11.9 Å². The first-order valence-corrected chi connectivity index (χ1v) is 8.45. The van der Waals surface area contributed by atoms with Gasteiger partial charge in [-0.05, 0) is 20.3 Å². The first-order chi connectivity index (χ1) is 8.87. The highest BCUT2D eigenvalue weighted by atomic mass is 32.2. The predicted octanol–water partition coefficient (Wildman–Crippen LogP) is 1.32. The van der Waals surface area contributed by atoms with Gasteiger partial charge in [0.2, 0.25) is 0 Å². The van der Waals surface area contributed by atoms with Gasteiger partial charge in [0.1, 0.15) is 27.8 Å². The first-order valence-electron chi connectivity index (χ1n) is 6.39. The van der Waals surface area contributed by atoms with Gasteiger partial charge in [0.15, 0.2) is 0 Å². The number of aromatic nitrogens is 2. The molecule has 108 valence electrons. The molecule has 0 saturated heterocycles. The van der Waals surface area contributed by atoms with E-state index in [1.165, 1.54) is 12.6 Å². The van der Waals surface area contributed by atoms with E-state index >= 15 is 0 Å². The van der Waals surface area contributed by atoms with Crippen LogP contribution in [0.2, 0.25) is 0 Å². The highest BCUT2D eigenvalue weighted by Crippen LogP contribution is 2.21. The van der Waals surface area contributed by atoms with E-state index in [1.807, 2.05) is 20.8 Å². The van der Waals surface area contributed by atoms with Gasteiger partial charge in [-0.25, -0.2) is 18.4 Å². The lowest BCUT2D eigenvalue weighted by Crippen LogP contribution is -2.26. The number of sulfone groups is 1. The third-order valence-electron chi connectivity index (χ3n) is 2.58. The summed E-state index contributed by atoms with van der Waals surface area (Å²) in [6, 6.07) is -0.190. The van der Waals surface area contributed by atoms with Crippen molar-refractivity contribution in [2.45, 2.75) is 33.2 Å². The summed E-state index contributed by atoms with van der Waals surface area (Å²) >= 11 is 0. The van der Waals surface area contributed by atoms with Crippen molar-refractivity contribution in [1.29, 1.82) is 0 Å². The molecule has 0 aliphatic carbocycles. The van der Waals surface area contributed by atoms with Gasteiger partial charge in [-0.1, -0.05) is 6.92 Å². The number of anilines is 2. The number of nitrogens with one attached hydrogen (secondary N) is 2. The average Bonchev–Trinajstić information content (AvgIpc) is 2.27. The van der Waals surface area contributed by atoms with Crippen molar-refractivity contribution in [3.8, 4) is 0 Å². The topological polar surface area (TPSA) is 84.0 Å². The van der Waals surface area contributed by atoms with Gasteiger partial charge in [0.05, 0.1) is 5.75 Å². The largest absolute Gasteiger partial charge is 0.370 e. The fourth-order valence-electron chi connectivity index (χ4n) is 1.92. The molecular formula is C12H22N4O2S. The van der Waals surface area contributed by atoms with E-state index in [2.05, 4.69) is 20.6 Å². The number of nitrogens with zero attached hydrogens (tertiary/aromatic N) is 2. The fourth-order valence-corrected chi connectivity index (χ4v) is 2.91. The number of rotatable bonds is 7. The molecule has 1 atom stereocenters. The van der Waals surface area contributed by atoms with Gasteiger partial charge in [-0.2, -0.15) is 0 Å². The van der Waals surface area contributed by atoms with Crippen molar-refractivity contribution < 1.29 is 8.42 Å². The molecule has 0 amide bonds. The molecule has 2 N–H and O–H groups in total. The van der Waals surface area contributed by atoms with Gasteiger partial charge >= 0.3 is 0 Å². The quantitative estimate of drug-likeness (QED) is 0.786. The van der Waals surface area contributed by atoms with Crippen LogP contribution in [-0.2, 0) is 16.3 Å². The second-order valence-corrected chi connectivity index (χ2v) is 6.76. The van der Waals surface area contributed by atoms with E-state index in [1.54, 1.807) is 0 Å². The molecule has 19 heavy (non-hydrogen) atoms. The molecule has 0 spiro atoms. The van der Waals surface area contributed by atoms with Crippen LogP contribution < -0.4 is 10.6 Å². The van der Waals surface area contributed by atoms with Crippen molar-refractivity contribution in [2.75, 3.05) is 29.2 Å². The highest BCUT2D eigenvalue weighted by Gasteiger charge is 2.14. The summed E-state index contributed by atoms with van der Waals surface area (Å²) < 4.78 is 22.5. The smallest absolute Gasteiger partial charge is 0.149 e. The van der Waals surface area contributed by atoms with Crippen molar-refractivity contribution in [1.82, 2.24) is 9.97 Å². The Morgan fingerprint density at radius 2 is 1.89 bits per heavy atom. The molecule has 0 radical (unpaired) electrons. The van der Waals surface area contributed by atoms with Gasteiger partial charge in [-0.15, -0.1) is 0 Å². The van der Waals surface area contributed by atoms with E-state index in [-0.39, 0.29) is 11.8 Å². The molecule has 0 bridgehead atoms. The summed E-state index contributed by atoms with van der Waals surface area (Å²) in [5, 5.41) is 6.33. The van der Waals surface area contributed by atoms with Gasteiger partial charge in [-0.3, -0.25) is 0 Å². The van der Waals surface area contributed by atoms with E-state index in [9.17, 15) is 8.42 Å². The maximum absolute atomic E-state index is 11.3. The van der Waals surface area contributed by atoms with Crippen LogP contribution in [0.4, 0.5) is 11.6 Å². The molecular weight excluding hydrogens is 264 g/mol. The Hall–Kier alpha value is -1.37. The van der Waals surface area contributed by atoms with Crippen LogP contribution in [0.5, 0.6) is 0 Å². The zero-order valence-corrected chi connectivity index (χ0v) is 12.7. The summed E-state index contributed by atoms with van der Waals surface area (Å²) in [5.41, 5.74) is 0.977. The minimum absolute atomic E-state index is 0.0801. The van der Waals surface area contributed by atoms with Crippen molar-refractivity contribution in [3.63, 3.8) is 0 Å². The van der Waals surface area contributed by atoms with E-state index in [4.69, 9.17) is 0 Å². The summed E-state index contributed by atoms with van der Waals surface area (Å²) in [4.78, 5) is 8.41. The Kier molecular flexibility index (Phi) is 5.53. The van der Waals surface area contributed by atoms with Crippen LogP contribution >= 0.6 is 0 Å². The number of hydrogen-bond acceptors (Lipinski definition) is 6. The Morgan fingerprint density at radius 1 is 1.26 bits per heavy atom. The Morgan fingerprint density at radius 3 is 2.42 bits per heavy atom. The van der Waals surface area contributed by atoms with Crippen molar-refractivity contribution >= 4 is 21.5 Å². The van der Waals surface area contributed by atoms with E-state index in [0.29, 0.717) is 5.82 Å². The molecule has 0 saturated carbocycles.